The summed E-state index contributed by atoms with van der Waals surface area (Å²) in [5, 5.41) is 0.958. The van der Waals surface area contributed by atoms with Crippen LogP contribution in [-0.4, -0.2) is 5.33 Å². The maximum atomic E-state index is 3.53. The van der Waals surface area contributed by atoms with Crippen LogP contribution in [0.1, 0.15) is 23.6 Å². The van der Waals surface area contributed by atoms with Crippen LogP contribution in [0.15, 0.2) is 16.1 Å². The minimum absolute atomic E-state index is 0.607. The highest BCUT2D eigenvalue weighted by molar-refractivity contribution is 9.10. The highest BCUT2D eigenvalue weighted by atomic mass is 79.9. The molecule has 0 unspecified atom stereocenters. The lowest BCUT2D eigenvalue weighted by molar-refractivity contribution is 0.781. The van der Waals surface area contributed by atoms with Gasteiger partial charge in [-0.2, -0.15) is 0 Å². The van der Waals surface area contributed by atoms with Crippen molar-refractivity contribution < 1.29 is 0 Å². The minimum atomic E-state index is 0.607. The monoisotopic (exact) mass is 336 g/mol. The summed E-state index contributed by atoms with van der Waals surface area (Å²) in [5.74, 6) is 0.607. The zero-order chi connectivity index (χ0) is 10.7. The first-order chi connectivity index (χ1) is 6.54. The molecule has 1 aromatic rings. The van der Waals surface area contributed by atoms with Crippen molar-refractivity contribution in [2.24, 2.45) is 5.92 Å². The maximum absolute atomic E-state index is 3.53. The second-order valence-corrected chi connectivity index (χ2v) is 6.26. The maximum Gasteiger partial charge on any atom is 0.0317 e. The van der Waals surface area contributed by atoms with E-state index in [-0.39, 0.29) is 0 Å². The van der Waals surface area contributed by atoms with E-state index < -0.39 is 0 Å². The summed E-state index contributed by atoms with van der Waals surface area (Å²) in [5.41, 5.74) is 1.44. The van der Waals surface area contributed by atoms with Gasteiger partial charge in [0, 0.05) is 19.6 Å². The van der Waals surface area contributed by atoms with Crippen LogP contribution in [0.2, 0.25) is 0 Å². The Morgan fingerprint density at radius 3 is 2.57 bits per heavy atom. The number of hydrogen-bond donors (Lipinski definition) is 0. The first kappa shape index (κ1) is 12.5. The van der Waals surface area contributed by atoms with Gasteiger partial charge in [0.05, 0.1) is 0 Å². The first-order valence-electron chi connectivity index (χ1n) is 4.57. The predicted octanol–water partition coefficient (Wildman–Crippen LogP) is 5.25. The molecule has 78 valence electrons. The summed E-state index contributed by atoms with van der Waals surface area (Å²) in [6, 6.07) is 2.19. The molecule has 0 saturated heterocycles. The normalized spacial score (nSPS) is 12.6. The highest BCUT2D eigenvalue weighted by Crippen LogP contribution is 2.29. The van der Waals surface area contributed by atoms with Crippen molar-refractivity contribution in [3.05, 3.63) is 25.9 Å². The molecule has 0 aliphatic carbocycles. The van der Waals surface area contributed by atoms with Crippen molar-refractivity contribution in [2.75, 3.05) is 5.33 Å². The second kappa shape index (κ2) is 5.47. The van der Waals surface area contributed by atoms with E-state index in [1.807, 2.05) is 11.3 Å². The van der Waals surface area contributed by atoms with E-state index in [2.05, 4.69) is 64.8 Å². The summed E-state index contributed by atoms with van der Waals surface area (Å²) in [6.07, 6.45) is 2.28. The largest absolute Gasteiger partial charge is 0.140 e. The zero-order valence-electron chi connectivity index (χ0n) is 8.60. The zero-order valence-corrected chi connectivity index (χ0v) is 12.6. The van der Waals surface area contributed by atoms with Gasteiger partial charge in [-0.25, -0.2) is 0 Å². The Balaban J connectivity index is 2.94. The van der Waals surface area contributed by atoms with Crippen molar-refractivity contribution >= 4 is 49.3 Å². The molecule has 0 spiro atoms. The molecule has 0 N–H and O–H groups in total. The summed E-state index contributed by atoms with van der Waals surface area (Å²) in [4.78, 5) is 2.67. The van der Waals surface area contributed by atoms with Crippen LogP contribution in [0.5, 0.6) is 0 Å². The number of rotatable bonds is 3. The van der Waals surface area contributed by atoms with Crippen LogP contribution >= 0.6 is 43.2 Å². The van der Waals surface area contributed by atoms with Gasteiger partial charge in [-0.05, 0) is 40.9 Å². The minimum Gasteiger partial charge on any atom is -0.140 e. The third-order valence-corrected chi connectivity index (χ3v) is 4.83. The molecule has 0 atom stereocenters. The second-order valence-electron chi connectivity index (χ2n) is 3.56. The Morgan fingerprint density at radius 1 is 1.57 bits per heavy atom. The molecule has 0 amide bonds. The quantitative estimate of drug-likeness (QED) is 0.660. The van der Waals surface area contributed by atoms with Crippen LogP contribution < -0.4 is 0 Å². The van der Waals surface area contributed by atoms with Crippen molar-refractivity contribution in [3.8, 4) is 0 Å². The summed E-state index contributed by atoms with van der Waals surface area (Å²) >= 11 is 8.89. The smallest absolute Gasteiger partial charge is 0.0317 e. The van der Waals surface area contributed by atoms with Gasteiger partial charge in [-0.15, -0.1) is 11.3 Å². The fraction of sp³-hybridized carbons (Fsp3) is 0.455. The average Bonchev–Trinajstić information content (AvgIpc) is 2.41. The summed E-state index contributed by atoms with van der Waals surface area (Å²) in [7, 11) is 0. The highest BCUT2D eigenvalue weighted by Gasteiger charge is 2.04. The lowest BCUT2D eigenvalue weighted by atomic mass is 10.1. The van der Waals surface area contributed by atoms with Crippen LogP contribution in [0, 0.1) is 12.8 Å². The van der Waals surface area contributed by atoms with E-state index in [9.17, 15) is 0 Å². The molecule has 0 aliphatic rings. The first-order valence-corrected chi connectivity index (χ1v) is 7.30. The number of thiophene rings is 1. The fourth-order valence-electron chi connectivity index (χ4n) is 1.09. The Kier molecular flexibility index (Phi) is 4.88. The molecule has 0 saturated carbocycles. The van der Waals surface area contributed by atoms with Gasteiger partial charge < -0.3 is 0 Å². The Bertz CT molecular complexity index is 318. The van der Waals surface area contributed by atoms with E-state index in [4.69, 9.17) is 0 Å². The number of alkyl halides is 1. The van der Waals surface area contributed by atoms with E-state index in [0.717, 1.165) is 5.33 Å². The molecule has 0 aromatic carbocycles. The van der Waals surface area contributed by atoms with E-state index in [1.165, 1.54) is 19.8 Å². The molecular formula is C11H14Br2S. The summed E-state index contributed by atoms with van der Waals surface area (Å²) in [6.45, 7) is 6.58. The third-order valence-electron chi connectivity index (χ3n) is 2.10. The van der Waals surface area contributed by atoms with Crippen molar-refractivity contribution in [1.29, 1.82) is 0 Å². The van der Waals surface area contributed by atoms with Crippen LogP contribution in [0.3, 0.4) is 0 Å². The van der Waals surface area contributed by atoms with Gasteiger partial charge in [-0.3, -0.25) is 0 Å². The molecule has 1 aromatic heterocycles. The lowest BCUT2D eigenvalue weighted by Crippen LogP contribution is -1.93. The van der Waals surface area contributed by atoms with Gasteiger partial charge in [0.1, 0.15) is 0 Å². The third kappa shape index (κ3) is 3.21. The Hall–Kier alpha value is 0.400. The van der Waals surface area contributed by atoms with Gasteiger partial charge >= 0.3 is 0 Å². The standard InChI is InChI=1S/C11H14Br2S/c1-7(2)9(6-12)4-10-5-11(13)8(3)14-10/h4-5,7H,6H2,1-3H3. The molecule has 0 aliphatic heterocycles. The summed E-state index contributed by atoms with van der Waals surface area (Å²) < 4.78 is 1.21. The SMILES string of the molecule is Cc1sc(C=C(CBr)C(C)C)cc1Br. The van der Waals surface area contributed by atoms with Crippen molar-refractivity contribution in [1.82, 2.24) is 0 Å². The van der Waals surface area contributed by atoms with E-state index in [1.54, 1.807) is 0 Å². The lowest BCUT2D eigenvalue weighted by Gasteiger charge is -2.06. The molecule has 0 fully saturated rings. The molecular weight excluding hydrogens is 324 g/mol. The van der Waals surface area contributed by atoms with E-state index in [0.29, 0.717) is 5.92 Å². The molecule has 0 nitrogen and oxygen atoms in total. The molecule has 1 rings (SSSR count). The molecule has 0 radical (unpaired) electrons. The van der Waals surface area contributed by atoms with Gasteiger partial charge in [0.2, 0.25) is 0 Å². The fourth-order valence-corrected chi connectivity index (χ4v) is 3.44. The molecule has 3 heteroatoms. The van der Waals surface area contributed by atoms with Crippen LogP contribution in [0.4, 0.5) is 0 Å². The Morgan fingerprint density at radius 2 is 2.21 bits per heavy atom. The number of aryl methyl sites for hydroxylation is 1. The van der Waals surface area contributed by atoms with Crippen molar-refractivity contribution in [2.45, 2.75) is 20.8 Å². The number of allylic oxidation sites excluding steroid dienone is 1. The van der Waals surface area contributed by atoms with Crippen molar-refractivity contribution in [3.63, 3.8) is 0 Å². The molecule has 1 heterocycles. The average molecular weight is 338 g/mol. The van der Waals surface area contributed by atoms with Crippen LogP contribution in [0.25, 0.3) is 6.08 Å². The van der Waals surface area contributed by atoms with Crippen LogP contribution in [-0.2, 0) is 0 Å². The number of halogens is 2. The van der Waals surface area contributed by atoms with E-state index >= 15 is 0 Å². The predicted molar refractivity (Wildman–Crippen MR) is 73.4 cm³/mol. The number of hydrogen-bond acceptors (Lipinski definition) is 1. The van der Waals surface area contributed by atoms with Gasteiger partial charge in [0.15, 0.2) is 0 Å². The molecule has 14 heavy (non-hydrogen) atoms. The Labute approximate surface area is 107 Å². The van der Waals surface area contributed by atoms with Gasteiger partial charge in [-0.1, -0.05) is 35.4 Å². The van der Waals surface area contributed by atoms with Gasteiger partial charge in [0.25, 0.3) is 0 Å². The molecule has 0 bridgehead atoms. The topological polar surface area (TPSA) is 0 Å².